The molecule has 4 rings (SSSR count). The second-order valence-electron chi connectivity index (χ2n) is 8.07. The van der Waals surface area contributed by atoms with Crippen molar-refractivity contribution in [1.82, 2.24) is 0 Å². The molecule has 4 aromatic carbocycles. The summed E-state index contributed by atoms with van der Waals surface area (Å²) in [6.07, 6.45) is 0. The van der Waals surface area contributed by atoms with E-state index in [1.807, 2.05) is 18.2 Å². The van der Waals surface area contributed by atoms with Gasteiger partial charge in [0.15, 0.2) is 0 Å². The number of para-hydroxylation sites is 4. The first-order valence-electron chi connectivity index (χ1n) is 10.9. The number of rotatable bonds is 4. The molecule has 0 aliphatic heterocycles. The fourth-order valence-electron chi connectivity index (χ4n) is 3.76. The number of benzene rings is 4. The molecule has 1 N–H and O–H groups in total. The second-order valence-corrected chi connectivity index (χ2v) is 8.07. The maximum atomic E-state index is 5.16. The summed E-state index contributed by atoms with van der Waals surface area (Å²) in [7, 11) is 0. The van der Waals surface area contributed by atoms with Crippen LogP contribution in [0.15, 0.2) is 102 Å². The molecule has 0 aromatic heterocycles. The van der Waals surface area contributed by atoms with E-state index in [1.54, 1.807) is 0 Å². The minimum absolute atomic E-state index is 0.761. The number of hydrogen-bond donors (Lipinski definition) is 1. The lowest BCUT2D eigenvalue weighted by Crippen LogP contribution is -2.33. The van der Waals surface area contributed by atoms with Crippen LogP contribution in [-0.4, -0.2) is 5.96 Å². The number of aryl methyl sites for hydroxylation is 4. The highest BCUT2D eigenvalue weighted by Gasteiger charge is 2.21. The number of hydrogen-bond acceptors (Lipinski definition) is 1. The zero-order valence-corrected chi connectivity index (χ0v) is 19.1. The van der Waals surface area contributed by atoms with Gasteiger partial charge in [-0.1, -0.05) is 72.8 Å². The van der Waals surface area contributed by atoms with Crippen molar-refractivity contribution in [3.63, 3.8) is 0 Å². The van der Waals surface area contributed by atoms with Gasteiger partial charge in [0, 0.05) is 5.69 Å². The minimum Gasteiger partial charge on any atom is -0.325 e. The molecule has 0 spiro atoms. The number of nitrogens with zero attached hydrogens (tertiary/aromatic N) is 2. The largest absolute Gasteiger partial charge is 0.325 e. The highest BCUT2D eigenvalue weighted by atomic mass is 15.3. The summed E-state index contributed by atoms with van der Waals surface area (Å²) in [4.78, 5) is 7.39. The molecular weight excluding hydrogens is 390 g/mol. The Morgan fingerprint density at radius 1 is 0.562 bits per heavy atom. The van der Waals surface area contributed by atoms with E-state index in [-0.39, 0.29) is 0 Å². The smallest absolute Gasteiger partial charge is 0.213 e. The van der Waals surface area contributed by atoms with Crippen LogP contribution in [0.2, 0.25) is 0 Å². The van der Waals surface area contributed by atoms with E-state index in [9.17, 15) is 0 Å². The molecule has 0 unspecified atom stereocenters. The van der Waals surface area contributed by atoms with Crippen molar-refractivity contribution in [3.05, 3.63) is 119 Å². The summed E-state index contributed by atoms with van der Waals surface area (Å²) < 4.78 is 0. The predicted octanol–water partition coefficient (Wildman–Crippen LogP) is 7.86. The van der Waals surface area contributed by atoms with Crippen LogP contribution >= 0.6 is 0 Å². The van der Waals surface area contributed by atoms with Crippen molar-refractivity contribution in [3.8, 4) is 0 Å². The molecule has 3 nitrogen and oxygen atoms in total. The number of anilines is 3. The van der Waals surface area contributed by atoms with Crippen LogP contribution < -0.4 is 10.2 Å². The third kappa shape index (κ3) is 4.57. The Labute approximate surface area is 191 Å². The zero-order valence-electron chi connectivity index (χ0n) is 19.1. The van der Waals surface area contributed by atoms with Crippen LogP contribution in [0.25, 0.3) is 0 Å². The normalized spacial score (nSPS) is 11.3. The molecule has 3 heteroatoms. The highest BCUT2D eigenvalue weighted by molar-refractivity contribution is 6.12. The molecule has 0 aliphatic carbocycles. The van der Waals surface area contributed by atoms with Gasteiger partial charge >= 0.3 is 0 Å². The Bertz CT molecular complexity index is 1210. The standard InChI is InChI=1S/C29H29N3/c1-21-13-5-9-17-25(21)30-29(31-26-18-10-6-14-22(26)2)32(27-19-11-7-15-23(27)3)28-20-12-8-16-24(28)4/h5-20H,1-4H3,(H,30,31). The van der Waals surface area contributed by atoms with Crippen molar-refractivity contribution in [2.75, 3.05) is 10.2 Å². The van der Waals surface area contributed by atoms with E-state index in [1.165, 1.54) is 16.7 Å². The van der Waals surface area contributed by atoms with Crippen LogP contribution in [0.5, 0.6) is 0 Å². The molecule has 32 heavy (non-hydrogen) atoms. The van der Waals surface area contributed by atoms with E-state index in [2.05, 4.69) is 117 Å². The third-order valence-corrected chi connectivity index (χ3v) is 5.66. The quantitative estimate of drug-likeness (QED) is 0.269. The molecule has 4 aromatic rings. The maximum absolute atomic E-state index is 5.16. The van der Waals surface area contributed by atoms with Gasteiger partial charge in [-0.25, -0.2) is 4.99 Å². The molecule has 160 valence electrons. The lowest BCUT2D eigenvalue weighted by atomic mass is 10.1. The summed E-state index contributed by atoms with van der Waals surface area (Å²) in [5.74, 6) is 0.761. The topological polar surface area (TPSA) is 27.6 Å². The summed E-state index contributed by atoms with van der Waals surface area (Å²) in [5, 5.41) is 3.65. The molecule has 0 aliphatic rings. The fraction of sp³-hybridized carbons (Fsp3) is 0.138. The SMILES string of the molecule is Cc1ccccc1N=C(Nc1ccccc1C)N(c1ccccc1C)c1ccccc1C. The van der Waals surface area contributed by atoms with Crippen molar-refractivity contribution in [1.29, 1.82) is 0 Å². The molecule has 0 fully saturated rings. The van der Waals surface area contributed by atoms with Crippen molar-refractivity contribution < 1.29 is 0 Å². The van der Waals surface area contributed by atoms with Gasteiger partial charge in [0.05, 0.1) is 17.1 Å². The van der Waals surface area contributed by atoms with Gasteiger partial charge in [0.2, 0.25) is 5.96 Å². The Balaban J connectivity index is 1.96. The maximum Gasteiger partial charge on any atom is 0.213 e. The molecule has 0 amide bonds. The van der Waals surface area contributed by atoms with Crippen molar-refractivity contribution in [2.24, 2.45) is 4.99 Å². The van der Waals surface area contributed by atoms with E-state index in [4.69, 9.17) is 4.99 Å². The summed E-state index contributed by atoms with van der Waals surface area (Å²) in [5.41, 5.74) is 8.82. The Morgan fingerprint density at radius 3 is 1.56 bits per heavy atom. The zero-order chi connectivity index (χ0) is 22.5. The third-order valence-electron chi connectivity index (χ3n) is 5.66. The van der Waals surface area contributed by atoms with Gasteiger partial charge in [-0.05, 0) is 74.2 Å². The first-order valence-corrected chi connectivity index (χ1v) is 10.9. The predicted molar refractivity (Wildman–Crippen MR) is 138 cm³/mol. The minimum atomic E-state index is 0.761. The average molecular weight is 420 g/mol. The lowest BCUT2D eigenvalue weighted by molar-refractivity contribution is 1.23. The van der Waals surface area contributed by atoms with Gasteiger partial charge in [-0.15, -0.1) is 0 Å². The monoisotopic (exact) mass is 419 g/mol. The van der Waals surface area contributed by atoms with E-state index >= 15 is 0 Å². The molecule has 0 radical (unpaired) electrons. The van der Waals surface area contributed by atoms with Crippen LogP contribution in [0.1, 0.15) is 22.3 Å². The van der Waals surface area contributed by atoms with Gasteiger partial charge in [0.1, 0.15) is 0 Å². The molecular formula is C29H29N3. The van der Waals surface area contributed by atoms with Gasteiger partial charge < -0.3 is 5.32 Å². The molecule has 0 saturated heterocycles. The summed E-state index contributed by atoms with van der Waals surface area (Å²) in [6.45, 7) is 8.48. The lowest BCUT2D eigenvalue weighted by Gasteiger charge is -2.30. The molecule has 0 saturated carbocycles. The Hall–Kier alpha value is -3.85. The molecule has 0 bridgehead atoms. The average Bonchev–Trinajstić information content (AvgIpc) is 2.79. The Morgan fingerprint density at radius 2 is 1.03 bits per heavy atom. The fourth-order valence-corrected chi connectivity index (χ4v) is 3.76. The van der Waals surface area contributed by atoms with Gasteiger partial charge in [-0.3, -0.25) is 4.90 Å². The van der Waals surface area contributed by atoms with Crippen LogP contribution in [0, 0.1) is 27.7 Å². The van der Waals surface area contributed by atoms with Crippen molar-refractivity contribution >= 4 is 28.7 Å². The highest BCUT2D eigenvalue weighted by Crippen LogP contribution is 2.33. The number of aliphatic imine (C=N–C) groups is 1. The first kappa shape index (κ1) is 21.4. The molecule has 0 heterocycles. The van der Waals surface area contributed by atoms with E-state index in [0.717, 1.165) is 34.3 Å². The Kier molecular flexibility index (Phi) is 6.37. The number of guanidine groups is 1. The summed E-state index contributed by atoms with van der Waals surface area (Å²) in [6, 6.07) is 33.4. The van der Waals surface area contributed by atoms with Crippen LogP contribution in [0.4, 0.5) is 22.7 Å². The van der Waals surface area contributed by atoms with Gasteiger partial charge in [0.25, 0.3) is 0 Å². The number of nitrogens with one attached hydrogen (secondary N) is 1. The van der Waals surface area contributed by atoms with E-state index < -0.39 is 0 Å². The first-order chi connectivity index (χ1) is 15.5. The van der Waals surface area contributed by atoms with Crippen molar-refractivity contribution in [2.45, 2.75) is 27.7 Å². The summed E-state index contributed by atoms with van der Waals surface area (Å²) >= 11 is 0. The van der Waals surface area contributed by atoms with Crippen LogP contribution in [-0.2, 0) is 0 Å². The van der Waals surface area contributed by atoms with Gasteiger partial charge in [-0.2, -0.15) is 0 Å². The second kappa shape index (κ2) is 9.52. The van der Waals surface area contributed by atoms with E-state index in [0.29, 0.717) is 0 Å². The van der Waals surface area contributed by atoms with Crippen LogP contribution in [0.3, 0.4) is 0 Å². The molecule has 0 atom stereocenters.